The van der Waals surface area contributed by atoms with Crippen molar-refractivity contribution >= 4 is 11.3 Å². The van der Waals surface area contributed by atoms with E-state index in [1.54, 1.807) is 11.3 Å². The van der Waals surface area contributed by atoms with Gasteiger partial charge < -0.3 is 15.2 Å². The first kappa shape index (κ1) is 16.6. The molecular weight excluding hydrogens is 258 g/mol. The minimum absolute atomic E-state index is 0.212. The van der Waals surface area contributed by atoms with E-state index >= 15 is 0 Å². The molecule has 0 saturated heterocycles. The Labute approximate surface area is 121 Å². The first-order valence-electron chi connectivity index (χ1n) is 7.05. The van der Waals surface area contributed by atoms with E-state index in [4.69, 9.17) is 4.74 Å². The van der Waals surface area contributed by atoms with Crippen LogP contribution in [0.4, 0.5) is 0 Å². The Morgan fingerprint density at radius 2 is 2.05 bits per heavy atom. The van der Waals surface area contributed by atoms with E-state index in [9.17, 15) is 5.11 Å². The number of hydrogen-bond acceptors (Lipinski definition) is 4. The molecule has 0 aliphatic rings. The van der Waals surface area contributed by atoms with Gasteiger partial charge in [-0.25, -0.2) is 0 Å². The second kappa shape index (κ2) is 8.69. The molecule has 0 saturated carbocycles. The van der Waals surface area contributed by atoms with E-state index < -0.39 is 6.10 Å². The molecule has 0 spiro atoms. The molecule has 0 aliphatic heterocycles. The Kier molecular flexibility index (Phi) is 7.61. The molecule has 19 heavy (non-hydrogen) atoms. The number of ether oxygens (including phenoxy) is 1. The number of thiophene rings is 1. The lowest BCUT2D eigenvalue weighted by molar-refractivity contribution is -0.00911. The van der Waals surface area contributed by atoms with Crippen molar-refractivity contribution in [2.45, 2.75) is 52.4 Å². The summed E-state index contributed by atoms with van der Waals surface area (Å²) < 4.78 is 5.65. The molecule has 0 bridgehead atoms. The van der Waals surface area contributed by atoms with Crippen LogP contribution in [0.3, 0.4) is 0 Å². The molecule has 1 heterocycles. The molecular formula is C15H27NO2S. The van der Waals surface area contributed by atoms with Crippen LogP contribution in [-0.2, 0) is 4.74 Å². The maximum absolute atomic E-state index is 9.89. The fraction of sp³-hybridized carbons (Fsp3) is 0.733. The van der Waals surface area contributed by atoms with Crippen molar-refractivity contribution in [1.29, 1.82) is 0 Å². The van der Waals surface area contributed by atoms with Crippen molar-refractivity contribution in [3.05, 3.63) is 22.4 Å². The van der Waals surface area contributed by atoms with E-state index in [1.165, 1.54) is 4.88 Å². The predicted molar refractivity (Wildman–Crippen MR) is 81.6 cm³/mol. The van der Waals surface area contributed by atoms with Gasteiger partial charge in [0.05, 0.1) is 18.8 Å². The highest BCUT2D eigenvalue weighted by Gasteiger charge is 2.12. The zero-order valence-electron chi connectivity index (χ0n) is 12.4. The third kappa shape index (κ3) is 7.06. The summed E-state index contributed by atoms with van der Waals surface area (Å²) in [4.78, 5) is 1.29. The fourth-order valence-electron chi connectivity index (χ4n) is 2.02. The van der Waals surface area contributed by atoms with Gasteiger partial charge in [-0.1, -0.05) is 19.9 Å². The van der Waals surface area contributed by atoms with Crippen LogP contribution in [0.1, 0.15) is 45.0 Å². The van der Waals surface area contributed by atoms with Crippen molar-refractivity contribution in [2.75, 3.05) is 13.2 Å². The molecule has 2 N–H and O–H groups in total. The van der Waals surface area contributed by atoms with Gasteiger partial charge in [-0.3, -0.25) is 0 Å². The van der Waals surface area contributed by atoms with Crippen LogP contribution in [0.5, 0.6) is 0 Å². The van der Waals surface area contributed by atoms with E-state index in [0.29, 0.717) is 19.1 Å². The van der Waals surface area contributed by atoms with E-state index in [2.05, 4.69) is 44.5 Å². The van der Waals surface area contributed by atoms with Crippen LogP contribution in [0, 0.1) is 5.92 Å². The molecule has 0 aliphatic carbocycles. The molecule has 3 nitrogen and oxygen atoms in total. The third-order valence-corrected chi connectivity index (χ3v) is 4.06. The summed E-state index contributed by atoms with van der Waals surface area (Å²) in [6, 6.07) is 4.43. The first-order chi connectivity index (χ1) is 8.99. The molecule has 0 fully saturated rings. The second-order valence-electron chi connectivity index (χ2n) is 5.57. The molecule has 0 radical (unpaired) electrons. The topological polar surface area (TPSA) is 41.5 Å². The van der Waals surface area contributed by atoms with Gasteiger partial charge in [-0.15, -0.1) is 11.3 Å². The Morgan fingerprint density at radius 1 is 1.32 bits per heavy atom. The number of aliphatic hydroxyl groups is 1. The monoisotopic (exact) mass is 285 g/mol. The maximum atomic E-state index is 9.89. The minimum atomic E-state index is -0.447. The van der Waals surface area contributed by atoms with E-state index in [1.807, 2.05) is 6.07 Å². The van der Waals surface area contributed by atoms with Gasteiger partial charge >= 0.3 is 0 Å². The fourth-order valence-corrected chi connectivity index (χ4v) is 2.78. The standard InChI is InChI=1S/C15H27NO2S/c1-11(2)8-12(3)18-10-14(17)9-16-13(4)15-6-5-7-19-15/h5-7,11-14,16-17H,8-10H2,1-4H3. The highest BCUT2D eigenvalue weighted by Crippen LogP contribution is 2.17. The lowest BCUT2D eigenvalue weighted by atomic mass is 10.1. The van der Waals surface area contributed by atoms with Gasteiger partial charge in [0.1, 0.15) is 0 Å². The smallest absolute Gasteiger partial charge is 0.0898 e. The third-order valence-electron chi connectivity index (χ3n) is 3.01. The minimum Gasteiger partial charge on any atom is -0.389 e. The molecule has 4 heteroatoms. The molecule has 1 rings (SSSR count). The Balaban J connectivity index is 2.15. The Hall–Kier alpha value is -0.420. The van der Waals surface area contributed by atoms with Crippen LogP contribution in [0.25, 0.3) is 0 Å². The molecule has 0 aromatic carbocycles. The van der Waals surface area contributed by atoms with Crippen LogP contribution in [-0.4, -0.2) is 30.5 Å². The van der Waals surface area contributed by atoms with Crippen LogP contribution in [0.15, 0.2) is 17.5 Å². The summed E-state index contributed by atoms with van der Waals surface area (Å²) in [6.07, 6.45) is 0.799. The molecule has 1 aromatic heterocycles. The van der Waals surface area contributed by atoms with E-state index in [-0.39, 0.29) is 12.1 Å². The normalized spacial score (nSPS) is 16.5. The molecule has 3 unspecified atom stereocenters. The van der Waals surface area contributed by atoms with Crippen LogP contribution >= 0.6 is 11.3 Å². The van der Waals surface area contributed by atoms with Gasteiger partial charge in [0, 0.05) is 17.5 Å². The van der Waals surface area contributed by atoms with Gasteiger partial charge in [0.25, 0.3) is 0 Å². The summed E-state index contributed by atoms with van der Waals surface area (Å²) in [5.41, 5.74) is 0. The van der Waals surface area contributed by atoms with Crippen molar-refractivity contribution in [3.8, 4) is 0 Å². The molecule has 110 valence electrons. The van der Waals surface area contributed by atoms with Crippen LogP contribution < -0.4 is 5.32 Å². The highest BCUT2D eigenvalue weighted by atomic mass is 32.1. The van der Waals surface area contributed by atoms with Gasteiger partial charge in [0.15, 0.2) is 0 Å². The van der Waals surface area contributed by atoms with Crippen LogP contribution in [0.2, 0.25) is 0 Å². The Bertz CT molecular complexity index is 327. The van der Waals surface area contributed by atoms with Crippen molar-refractivity contribution < 1.29 is 9.84 Å². The highest BCUT2D eigenvalue weighted by molar-refractivity contribution is 7.10. The Morgan fingerprint density at radius 3 is 2.63 bits per heavy atom. The van der Waals surface area contributed by atoms with Crippen molar-refractivity contribution in [3.63, 3.8) is 0 Å². The predicted octanol–water partition coefficient (Wildman–Crippen LogP) is 3.21. The molecule has 1 aromatic rings. The quantitative estimate of drug-likeness (QED) is 0.732. The zero-order chi connectivity index (χ0) is 14.3. The average Bonchev–Trinajstić information content (AvgIpc) is 2.86. The number of nitrogens with one attached hydrogen (secondary N) is 1. The van der Waals surface area contributed by atoms with E-state index in [0.717, 1.165) is 6.42 Å². The second-order valence-corrected chi connectivity index (χ2v) is 6.55. The summed E-state index contributed by atoms with van der Waals surface area (Å²) >= 11 is 1.73. The van der Waals surface area contributed by atoms with Gasteiger partial charge in [0.2, 0.25) is 0 Å². The lowest BCUT2D eigenvalue weighted by Crippen LogP contribution is -2.33. The van der Waals surface area contributed by atoms with Crippen molar-refractivity contribution in [2.24, 2.45) is 5.92 Å². The summed E-state index contributed by atoms with van der Waals surface area (Å²) in [5, 5.41) is 15.3. The molecule has 0 amide bonds. The summed E-state index contributed by atoms with van der Waals surface area (Å²) in [6.45, 7) is 9.50. The SMILES string of the molecule is CC(C)CC(C)OCC(O)CNC(C)c1cccs1. The largest absolute Gasteiger partial charge is 0.389 e. The molecule has 3 atom stereocenters. The number of hydrogen-bond donors (Lipinski definition) is 2. The number of aliphatic hydroxyl groups excluding tert-OH is 1. The zero-order valence-corrected chi connectivity index (χ0v) is 13.2. The van der Waals surface area contributed by atoms with Gasteiger partial charge in [-0.05, 0) is 37.6 Å². The summed E-state index contributed by atoms with van der Waals surface area (Å²) in [7, 11) is 0. The summed E-state index contributed by atoms with van der Waals surface area (Å²) in [5.74, 6) is 0.629. The number of rotatable bonds is 9. The first-order valence-corrected chi connectivity index (χ1v) is 7.93. The lowest BCUT2D eigenvalue weighted by Gasteiger charge is -2.19. The van der Waals surface area contributed by atoms with Crippen molar-refractivity contribution in [1.82, 2.24) is 5.32 Å². The maximum Gasteiger partial charge on any atom is 0.0898 e. The average molecular weight is 285 g/mol. The van der Waals surface area contributed by atoms with Gasteiger partial charge in [-0.2, -0.15) is 0 Å².